The van der Waals surface area contributed by atoms with Crippen molar-refractivity contribution in [3.63, 3.8) is 0 Å². The normalized spacial score (nSPS) is 13.8. The predicted octanol–water partition coefficient (Wildman–Crippen LogP) is 3.03. The van der Waals surface area contributed by atoms with Crippen LogP contribution in [-0.4, -0.2) is 11.8 Å². The van der Waals surface area contributed by atoms with E-state index >= 15 is 0 Å². The number of anilines is 2. The van der Waals surface area contributed by atoms with Crippen LogP contribution in [0, 0.1) is 6.92 Å². The summed E-state index contributed by atoms with van der Waals surface area (Å²) in [6.07, 6.45) is 0. The number of imide groups is 1. The van der Waals surface area contributed by atoms with Gasteiger partial charge in [-0.2, -0.15) is 0 Å². The maximum atomic E-state index is 12.4. The van der Waals surface area contributed by atoms with Crippen LogP contribution in [-0.2, 0) is 0 Å². The van der Waals surface area contributed by atoms with E-state index in [4.69, 9.17) is 17.3 Å². The number of carbonyl (C=O) groups excluding carboxylic acids is 2. The molecule has 0 bridgehead atoms. The van der Waals surface area contributed by atoms with Crippen LogP contribution >= 0.6 is 11.6 Å². The van der Waals surface area contributed by atoms with Crippen LogP contribution in [0.5, 0.6) is 0 Å². The second kappa shape index (κ2) is 4.35. The Hall–Kier alpha value is -2.33. The Morgan fingerprint density at radius 1 is 1.00 bits per heavy atom. The molecule has 0 saturated heterocycles. The molecule has 1 aliphatic rings. The highest BCUT2D eigenvalue weighted by Crippen LogP contribution is 2.32. The summed E-state index contributed by atoms with van der Waals surface area (Å²) in [5.41, 5.74) is 8.23. The molecule has 2 amide bonds. The van der Waals surface area contributed by atoms with Crippen molar-refractivity contribution in [2.24, 2.45) is 0 Å². The van der Waals surface area contributed by atoms with E-state index in [0.717, 1.165) is 10.5 Å². The summed E-state index contributed by atoms with van der Waals surface area (Å²) in [5, 5.41) is 0.315. The van der Waals surface area contributed by atoms with E-state index in [-0.39, 0.29) is 11.8 Å². The Balaban J connectivity index is 2.11. The van der Waals surface area contributed by atoms with E-state index in [1.54, 1.807) is 24.3 Å². The number of rotatable bonds is 1. The van der Waals surface area contributed by atoms with Gasteiger partial charge in [-0.25, -0.2) is 4.90 Å². The highest BCUT2D eigenvalue weighted by Gasteiger charge is 2.36. The summed E-state index contributed by atoms with van der Waals surface area (Å²) in [7, 11) is 0. The average molecular weight is 287 g/mol. The van der Waals surface area contributed by atoms with E-state index in [1.807, 2.05) is 13.0 Å². The lowest BCUT2D eigenvalue weighted by atomic mass is 10.1. The zero-order chi connectivity index (χ0) is 14.4. The molecule has 0 atom stereocenters. The number of fused-ring (bicyclic) bond motifs is 1. The van der Waals surface area contributed by atoms with E-state index in [2.05, 4.69) is 0 Å². The monoisotopic (exact) mass is 286 g/mol. The van der Waals surface area contributed by atoms with E-state index in [9.17, 15) is 9.59 Å². The minimum absolute atomic E-state index is 0.315. The maximum absolute atomic E-state index is 12.4. The van der Waals surface area contributed by atoms with Crippen molar-refractivity contribution >= 4 is 34.8 Å². The molecule has 0 spiro atoms. The standard InChI is InChI=1S/C15H11ClN2O2/c1-8-2-4-10-11(6-8)15(20)18(14(10)19)9-3-5-13(17)12(16)7-9/h2-7H,17H2,1H3. The van der Waals surface area contributed by atoms with Crippen molar-refractivity contribution < 1.29 is 9.59 Å². The zero-order valence-electron chi connectivity index (χ0n) is 10.7. The van der Waals surface area contributed by atoms with E-state index < -0.39 is 0 Å². The molecule has 100 valence electrons. The van der Waals surface area contributed by atoms with Crippen LogP contribution in [0.2, 0.25) is 5.02 Å². The van der Waals surface area contributed by atoms with Gasteiger partial charge in [0, 0.05) is 0 Å². The first kappa shape index (κ1) is 12.7. The summed E-state index contributed by atoms with van der Waals surface area (Å²) in [6.45, 7) is 1.88. The van der Waals surface area contributed by atoms with Gasteiger partial charge in [0.1, 0.15) is 0 Å². The minimum atomic E-state index is -0.342. The number of hydrogen-bond acceptors (Lipinski definition) is 3. The number of nitrogens with zero attached hydrogens (tertiary/aromatic N) is 1. The van der Waals surface area contributed by atoms with Gasteiger partial charge < -0.3 is 5.73 Å². The van der Waals surface area contributed by atoms with Crippen LogP contribution in [0.3, 0.4) is 0 Å². The highest BCUT2D eigenvalue weighted by molar-refractivity contribution is 6.36. The number of hydrogen-bond donors (Lipinski definition) is 1. The fraction of sp³-hybridized carbons (Fsp3) is 0.0667. The van der Waals surface area contributed by atoms with E-state index in [0.29, 0.717) is 27.5 Å². The van der Waals surface area contributed by atoms with Crippen molar-refractivity contribution in [2.45, 2.75) is 6.92 Å². The topological polar surface area (TPSA) is 63.4 Å². The Morgan fingerprint density at radius 2 is 1.70 bits per heavy atom. The Labute approximate surface area is 120 Å². The third-order valence-corrected chi connectivity index (χ3v) is 3.61. The first-order chi connectivity index (χ1) is 9.49. The van der Waals surface area contributed by atoms with Crippen molar-refractivity contribution in [2.75, 3.05) is 10.6 Å². The number of halogens is 1. The van der Waals surface area contributed by atoms with Gasteiger partial charge in [0.15, 0.2) is 0 Å². The fourth-order valence-corrected chi connectivity index (χ4v) is 2.42. The van der Waals surface area contributed by atoms with Gasteiger partial charge in [0.2, 0.25) is 0 Å². The second-order valence-corrected chi connectivity index (χ2v) is 5.11. The molecule has 1 heterocycles. The molecule has 4 nitrogen and oxygen atoms in total. The Bertz CT molecular complexity index is 756. The van der Waals surface area contributed by atoms with Crippen molar-refractivity contribution in [1.29, 1.82) is 0 Å². The lowest BCUT2D eigenvalue weighted by molar-refractivity contribution is 0.0926. The molecule has 2 aromatic carbocycles. The van der Waals surface area contributed by atoms with Crippen LogP contribution in [0.15, 0.2) is 36.4 Å². The zero-order valence-corrected chi connectivity index (χ0v) is 11.4. The minimum Gasteiger partial charge on any atom is -0.398 e. The summed E-state index contributed by atoms with van der Waals surface area (Å²) in [6, 6.07) is 9.90. The van der Waals surface area contributed by atoms with E-state index in [1.165, 1.54) is 6.07 Å². The number of benzene rings is 2. The molecule has 20 heavy (non-hydrogen) atoms. The fourth-order valence-electron chi connectivity index (χ4n) is 2.24. The molecule has 0 radical (unpaired) electrons. The summed E-state index contributed by atoms with van der Waals surface area (Å²) in [5.74, 6) is -0.680. The van der Waals surface area contributed by atoms with Gasteiger partial charge in [-0.15, -0.1) is 0 Å². The summed E-state index contributed by atoms with van der Waals surface area (Å²) in [4.78, 5) is 25.9. The highest BCUT2D eigenvalue weighted by atomic mass is 35.5. The molecule has 0 fully saturated rings. The second-order valence-electron chi connectivity index (χ2n) is 4.70. The first-order valence-electron chi connectivity index (χ1n) is 6.03. The molecule has 2 N–H and O–H groups in total. The van der Waals surface area contributed by atoms with Crippen LogP contribution in [0.4, 0.5) is 11.4 Å². The number of carbonyl (C=O) groups is 2. The lowest BCUT2D eigenvalue weighted by Gasteiger charge is -2.14. The first-order valence-corrected chi connectivity index (χ1v) is 6.41. The van der Waals surface area contributed by atoms with Crippen LogP contribution in [0.1, 0.15) is 26.3 Å². The molecule has 3 rings (SSSR count). The summed E-state index contributed by atoms with van der Waals surface area (Å²) < 4.78 is 0. The predicted molar refractivity (Wildman–Crippen MR) is 78.2 cm³/mol. The Morgan fingerprint density at radius 3 is 2.40 bits per heavy atom. The molecule has 2 aromatic rings. The van der Waals surface area contributed by atoms with Gasteiger partial charge in [-0.05, 0) is 37.3 Å². The molecule has 0 saturated carbocycles. The largest absolute Gasteiger partial charge is 0.398 e. The Kier molecular flexibility index (Phi) is 2.76. The SMILES string of the molecule is Cc1ccc2c(c1)C(=O)N(c1ccc(N)c(Cl)c1)C2=O. The van der Waals surface area contributed by atoms with Crippen molar-refractivity contribution in [1.82, 2.24) is 0 Å². The molecule has 1 aliphatic heterocycles. The molecule has 0 aromatic heterocycles. The van der Waals surface area contributed by atoms with Gasteiger partial charge >= 0.3 is 0 Å². The molecule has 5 heteroatoms. The number of aryl methyl sites for hydroxylation is 1. The van der Waals surface area contributed by atoms with Crippen LogP contribution in [0.25, 0.3) is 0 Å². The number of nitrogen functional groups attached to an aromatic ring is 1. The van der Waals surface area contributed by atoms with Gasteiger partial charge in [0.05, 0.1) is 27.5 Å². The number of nitrogens with two attached hydrogens (primary N) is 1. The third-order valence-electron chi connectivity index (χ3n) is 3.28. The molecule has 0 unspecified atom stereocenters. The third kappa shape index (κ3) is 1.77. The molecule has 0 aliphatic carbocycles. The van der Waals surface area contributed by atoms with Gasteiger partial charge in [-0.3, -0.25) is 9.59 Å². The average Bonchev–Trinajstić information content (AvgIpc) is 2.65. The molecular weight excluding hydrogens is 276 g/mol. The quantitative estimate of drug-likeness (QED) is 0.647. The van der Waals surface area contributed by atoms with Gasteiger partial charge in [0.25, 0.3) is 11.8 Å². The molecular formula is C15H11ClN2O2. The maximum Gasteiger partial charge on any atom is 0.266 e. The van der Waals surface area contributed by atoms with Crippen molar-refractivity contribution in [3.05, 3.63) is 58.1 Å². The summed E-state index contributed by atoms with van der Waals surface area (Å²) >= 11 is 5.95. The number of amides is 2. The lowest BCUT2D eigenvalue weighted by Crippen LogP contribution is -2.29. The smallest absolute Gasteiger partial charge is 0.266 e. The van der Waals surface area contributed by atoms with Crippen molar-refractivity contribution in [3.8, 4) is 0 Å². The van der Waals surface area contributed by atoms with Crippen LogP contribution < -0.4 is 10.6 Å². The van der Waals surface area contributed by atoms with Gasteiger partial charge in [-0.1, -0.05) is 23.2 Å².